The lowest BCUT2D eigenvalue weighted by Crippen LogP contribution is -2.30. The molecule has 0 spiro atoms. The standard InChI is InChI=1S/C36H31N/c1-35(2)29-12-6-5-11-27(29)28-22-19-25(23-32(28)35)24-17-20-26(21-18-24)37-33-15-9-7-13-30(33)36(3,4)31-14-8-10-16-34(31)37/h5-23H,1-4H3. The molecule has 0 fully saturated rings. The summed E-state index contributed by atoms with van der Waals surface area (Å²) in [6, 6.07) is 42.6. The summed E-state index contributed by atoms with van der Waals surface area (Å²) in [6.45, 7) is 9.35. The normalized spacial score (nSPS) is 15.9. The average molecular weight is 478 g/mol. The van der Waals surface area contributed by atoms with E-state index >= 15 is 0 Å². The predicted molar refractivity (Wildman–Crippen MR) is 156 cm³/mol. The van der Waals surface area contributed by atoms with E-state index in [1.165, 1.54) is 61.6 Å². The molecule has 0 atom stereocenters. The van der Waals surface area contributed by atoms with Gasteiger partial charge < -0.3 is 4.90 Å². The molecule has 0 amide bonds. The Labute approximate surface area is 220 Å². The predicted octanol–water partition coefficient (Wildman–Crippen LogP) is 9.77. The summed E-state index contributed by atoms with van der Waals surface area (Å²) in [5.41, 5.74) is 14.5. The van der Waals surface area contributed by atoms with E-state index in [1.807, 2.05) is 0 Å². The lowest BCUT2D eigenvalue weighted by atomic mass is 9.73. The third-order valence-electron chi connectivity index (χ3n) is 8.68. The van der Waals surface area contributed by atoms with Crippen LogP contribution in [-0.2, 0) is 10.8 Å². The first-order valence-electron chi connectivity index (χ1n) is 13.2. The fourth-order valence-electron chi connectivity index (χ4n) is 6.63. The molecule has 0 aromatic heterocycles. The fourth-order valence-corrected chi connectivity index (χ4v) is 6.63. The van der Waals surface area contributed by atoms with Crippen LogP contribution in [0.1, 0.15) is 49.9 Å². The van der Waals surface area contributed by atoms with Crippen LogP contribution < -0.4 is 4.90 Å². The molecule has 7 rings (SSSR count). The summed E-state index contributed by atoms with van der Waals surface area (Å²) in [5, 5.41) is 0. The molecule has 0 bridgehead atoms. The van der Waals surface area contributed by atoms with Gasteiger partial charge in [-0.25, -0.2) is 0 Å². The van der Waals surface area contributed by atoms with Crippen LogP contribution in [0.5, 0.6) is 0 Å². The van der Waals surface area contributed by atoms with Crippen molar-refractivity contribution in [3.8, 4) is 22.3 Å². The zero-order valence-electron chi connectivity index (χ0n) is 21.9. The number of benzene rings is 5. The van der Waals surface area contributed by atoms with Crippen molar-refractivity contribution in [2.75, 3.05) is 4.90 Å². The monoisotopic (exact) mass is 477 g/mol. The zero-order valence-corrected chi connectivity index (χ0v) is 21.9. The third kappa shape index (κ3) is 3.10. The molecule has 1 heterocycles. The Morgan fingerprint density at radius 2 is 0.919 bits per heavy atom. The summed E-state index contributed by atoms with van der Waals surface area (Å²) in [5.74, 6) is 0. The van der Waals surface area contributed by atoms with Gasteiger partial charge in [0, 0.05) is 16.5 Å². The molecule has 2 aliphatic rings. The highest BCUT2D eigenvalue weighted by atomic mass is 15.2. The van der Waals surface area contributed by atoms with Crippen LogP contribution >= 0.6 is 0 Å². The third-order valence-corrected chi connectivity index (χ3v) is 8.68. The molecule has 1 aliphatic carbocycles. The highest BCUT2D eigenvalue weighted by Gasteiger charge is 2.37. The number of para-hydroxylation sites is 2. The maximum absolute atomic E-state index is 2.42. The maximum Gasteiger partial charge on any atom is 0.0502 e. The summed E-state index contributed by atoms with van der Waals surface area (Å²) in [4.78, 5) is 2.42. The first-order chi connectivity index (χ1) is 17.9. The van der Waals surface area contributed by atoms with E-state index in [9.17, 15) is 0 Å². The molecule has 5 aromatic carbocycles. The van der Waals surface area contributed by atoms with Crippen molar-refractivity contribution in [2.45, 2.75) is 38.5 Å². The van der Waals surface area contributed by atoms with Gasteiger partial charge in [-0.1, -0.05) is 113 Å². The molecule has 0 unspecified atom stereocenters. The highest BCUT2D eigenvalue weighted by molar-refractivity contribution is 5.87. The lowest BCUT2D eigenvalue weighted by molar-refractivity contribution is 0.632. The van der Waals surface area contributed by atoms with Crippen molar-refractivity contribution in [1.29, 1.82) is 0 Å². The molecule has 1 nitrogen and oxygen atoms in total. The van der Waals surface area contributed by atoms with E-state index in [4.69, 9.17) is 0 Å². The van der Waals surface area contributed by atoms with E-state index in [1.54, 1.807) is 0 Å². The number of rotatable bonds is 2. The van der Waals surface area contributed by atoms with Gasteiger partial charge in [-0.3, -0.25) is 0 Å². The van der Waals surface area contributed by atoms with E-state index in [0.29, 0.717) is 0 Å². The van der Waals surface area contributed by atoms with Crippen LogP contribution in [-0.4, -0.2) is 0 Å². The first-order valence-corrected chi connectivity index (χ1v) is 13.2. The van der Waals surface area contributed by atoms with Crippen molar-refractivity contribution in [3.63, 3.8) is 0 Å². The number of fused-ring (bicyclic) bond motifs is 5. The smallest absolute Gasteiger partial charge is 0.0502 e. The van der Waals surface area contributed by atoms with Gasteiger partial charge in [-0.15, -0.1) is 0 Å². The van der Waals surface area contributed by atoms with Crippen LogP contribution in [0.2, 0.25) is 0 Å². The van der Waals surface area contributed by atoms with Crippen LogP contribution in [0, 0.1) is 0 Å². The van der Waals surface area contributed by atoms with Gasteiger partial charge in [0.15, 0.2) is 0 Å². The van der Waals surface area contributed by atoms with Gasteiger partial charge in [0.2, 0.25) is 0 Å². The van der Waals surface area contributed by atoms with E-state index < -0.39 is 0 Å². The van der Waals surface area contributed by atoms with Crippen LogP contribution in [0.25, 0.3) is 22.3 Å². The molecule has 0 saturated carbocycles. The average Bonchev–Trinajstić information content (AvgIpc) is 3.16. The van der Waals surface area contributed by atoms with Crippen molar-refractivity contribution in [1.82, 2.24) is 0 Å². The zero-order chi connectivity index (χ0) is 25.4. The Bertz CT molecular complexity index is 1620. The van der Waals surface area contributed by atoms with Crippen LogP contribution in [0.4, 0.5) is 17.1 Å². The second-order valence-electron chi connectivity index (χ2n) is 11.5. The second-order valence-corrected chi connectivity index (χ2v) is 11.5. The van der Waals surface area contributed by atoms with Crippen molar-refractivity contribution in [3.05, 3.63) is 138 Å². The highest BCUT2D eigenvalue weighted by Crippen LogP contribution is 2.52. The van der Waals surface area contributed by atoms with Crippen LogP contribution in [0.3, 0.4) is 0 Å². The number of anilines is 3. The van der Waals surface area contributed by atoms with Crippen LogP contribution in [0.15, 0.2) is 115 Å². The van der Waals surface area contributed by atoms with E-state index in [-0.39, 0.29) is 10.8 Å². The summed E-state index contributed by atoms with van der Waals surface area (Å²) in [6.07, 6.45) is 0. The van der Waals surface area contributed by atoms with Gasteiger partial charge in [0.05, 0.1) is 11.4 Å². The topological polar surface area (TPSA) is 3.24 Å². The largest absolute Gasteiger partial charge is 0.310 e. The minimum Gasteiger partial charge on any atom is -0.310 e. The molecule has 0 saturated heterocycles. The van der Waals surface area contributed by atoms with Gasteiger partial charge in [0.1, 0.15) is 0 Å². The van der Waals surface area contributed by atoms with Gasteiger partial charge >= 0.3 is 0 Å². The van der Waals surface area contributed by atoms with Gasteiger partial charge in [-0.05, 0) is 74.8 Å². The molecular weight excluding hydrogens is 446 g/mol. The Balaban J connectivity index is 1.31. The molecule has 0 radical (unpaired) electrons. The number of hydrogen-bond acceptors (Lipinski definition) is 1. The minimum atomic E-state index is -0.0432. The molecule has 0 N–H and O–H groups in total. The molecule has 1 aliphatic heterocycles. The quantitative estimate of drug-likeness (QED) is 0.244. The molecule has 5 aromatic rings. The number of hydrogen-bond donors (Lipinski definition) is 0. The SMILES string of the molecule is CC1(C)c2ccccc2-c2ccc(-c3ccc(N4c5ccccc5C(C)(C)c5ccccc54)cc3)cc21. The number of nitrogens with zero attached hydrogens (tertiary/aromatic N) is 1. The van der Waals surface area contributed by atoms with Crippen molar-refractivity contribution in [2.24, 2.45) is 0 Å². The molecule has 37 heavy (non-hydrogen) atoms. The summed E-state index contributed by atoms with van der Waals surface area (Å²) < 4.78 is 0. The molecule has 1 heteroatoms. The summed E-state index contributed by atoms with van der Waals surface area (Å²) >= 11 is 0. The van der Waals surface area contributed by atoms with Gasteiger partial charge in [0.25, 0.3) is 0 Å². The summed E-state index contributed by atoms with van der Waals surface area (Å²) in [7, 11) is 0. The fraction of sp³-hybridized carbons (Fsp3) is 0.167. The first kappa shape index (κ1) is 22.1. The lowest BCUT2D eigenvalue weighted by Gasteiger charge is -2.42. The molecule has 180 valence electrons. The van der Waals surface area contributed by atoms with Gasteiger partial charge in [-0.2, -0.15) is 0 Å². The van der Waals surface area contributed by atoms with E-state index in [2.05, 4.69) is 148 Å². The maximum atomic E-state index is 2.42. The van der Waals surface area contributed by atoms with Crippen molar-refractivity contribution >= 4 is 17.1 Å². The Morgan fingerprint density at radius 3 is 1.57 bits per heavy atom. The minimum absolute atomic E-state index is 0.00982. The Hall–Kier alpha value is -4.10. The van der Waals surface area contributed by atoms with Crippen molar-refractivity contribution < 1.29 is 0 Å². The second kappa shape index (κ2) is 7.70. The van der Waals surface area contributed by atoms with E-state index in [0.717, 1.165) is 0 Å². The molecular formula is C36H31N. The Morgan fingerprint density at radius 1 is 0.432 bits per heavy atom. The Kier molecular flexibility index (Phi) is 4.60.